The Hall–Kier alpha value is -0.940. The Bertz CT molecular complexity index is 289. The lowest BCUT2D eigenvalue weighted by atomic mass is 10.2. The quantitative estimate of drug-likeness (QED) is 0.613. The normalized spacial score (nSPS) is 29.9. The molecule has 0 aromatic rings. The third kappa shape index (κ3) is 2.35. The number of hydrogen-bond acceptors (Lipinski definition) is 4. The molecule has 0 spiro atoms. The molecule has 1 saturated heterocycles. The van der Waals surface area contributed by atoms with Gasteiger partial charge in [-0.15, -0.1) is 0 Å². The van der Waals surface area contributed by atoms with Gasteiger partial charge in [0, 0.05) is 6.54 Å². The Labute approximate surface area is 90.1 Å². The van der Waals surface area contributed by atoms with Crippen molar-refractivity contribution in [2.24, 2.45) is 4.99 Å². The number of aliphatic imine (C=N–C) groups is 1. The molecule has 0 saturated carbocycles. The van der Waals surface area contributed by atoms with E-state index in [2.05, 4.69) is 34.2 Å². The third-order valence-electron chi connectivity index (χ3n) is 3.04. The van der Waals surface area contributed by atoms with Crippen LogP contribution in [0.5, 0.6) is 0 Å². The van der Waals surface area contributed by atoms with Gasteiger partial charge in [0.05, 0.1) is 6.04 Å². The Morgan fingerprint density at radius 3 is 2.87 bits per heavy atom. The van der Waals surface area contributed by atoms with Crippen molar-refractivity contribution in [3.05, 3.63) is 0 Å². The van der Waals surface area contributed by atoms with E-state index in [4.69, 9.17) is 0 Å². The standard InChI is InChI=1S/C10H18N4O/c1-13-4-3-5-14(2)8(7-13)10-11-6-9(15)12-10/h8H,3-7H2,1-2H3,(H,11,12,15). The van der Waals surface area contributed by atoms with E-state index in [-0.39, 0.29) is 11.9 Å². The van der Waals surface area contributed by atoms with E-state index >= 15 is 0 Å². The highest BCUT2D eigenvalue weighted by atomic mass is 16.2. The van der Waals surface area contributed by atoms with Crippen molar-refractivity contribution in [2.45, 2.75) is 12.5 Å². The van der Waals surface area contributed by atoms with Crippen molar-refractivity contribution in [1.82, 2.24) is 15.1 Å². The zero-order valence-electron chi connectivity index (χ0n) is 9.36. The molecule has 5 nitrogen and oxygen atoms in total. The van der Waals surface area contributed by atoms with Crippen molar-refractivity contribution in [3.8, 4) is 0 Å². The predicted molar refractivity (Wildman–Crippen MR) is 59.0 cm³/mol. The van der Waals surface area contributed by atoms with E-state index < -0.39 is 0 Å². The maximum Gasteiger partial charge on any atom is 0.247 e. The topological polar surface area (TPSA) is 47.9 Å². The predicted octanol–water partition coefficient (Wildman–Crippen LogP) is -0.849. The first-order chi connectivity index (χ1) is 7.16. The van der Waals surface area contributed by atoms with Crippen LogP contribution >= 0.6 is 0 Å². The summed E-state index contributed by atoms with van der Waals surface area (Å²) >= 11 is 0. The molecule has 0 aliphatic carbocycles. The molecule has 2 rings (SSSR count). The van der Waals surface area contributed by atoms with Crippen LogP contribution in [-0.2, 0) is 4.79 Å². The van der Waals surface area contributed by atoms with Gasteiger partial charge in [0.2, 0.25) is 5.91 Å². The molecular formula is C10H18N4O. The van der Waals surface area contributed by atoms with Crippen LogP contribution < -0.4 is 5.32 Å². The molecule has 84 valence electrons. The summed E-state index contributed by atoms with van der Waals surface area (Å²) in [6.07, 6.45) is 1.17. The summed E-state index contributed by atoms with van der Waals surface area (Å²) in [6.45, 7) is 3.41. The summed E-state index contributed by atoms with van der Waals surface area (Å²) in [4.78, 5) is 19.9. The molecule has 15 heavy (non-hydrogen) atoms. The zero-order chi connectivity index (χ0) is 10.8. The Kier molecular flexibility index (Phi) is 3.02. The van der Waals surface area contributed by atoms with Gasteiger partial charge >= 0.3 is 0 Å². The molecule has 2 heterocycles. The highest BCUT2D eigenvalue weighted by molar-refractivity contribution is 6.06. The van der Waals surface area contributed by atoms with E-state index in [9.17, 15) is 4.79 Å². The molecule has 1 fully saturated rings. The SMILES string of the molecule is CN1CCCN(C)C(C2=NCC(=O)N2)C1. The second-order valence-corrected chi connectivity index (χ2v) is 4.36. The molecule has 0 radical (unpaired) electrons. The number of likely N-dealkylation sites (N-methyl/N-ethyl adjacent to an activating group) is 2. The zero-order valence-corrected chi connectivity index (χ0v) is 9.36. The second-order valence-electron chi connectivity index (χ2n) is 4.36. The Morgan fingerprint density at radius 2 is 2.20 bits per heavy atom. The number of hydrogen-bond donors (Lipinski definition) is 1. The van der Waals surface area contributed by atoms with Gasteiger partial charge in [-0.05, 0) is 33.6 Å². The van der Waals surface area contributed by atoms with Crippen molar-refractivity contribution < 1.29 is 4.79 Å². The summed E-state index contributed by atoms with van der Waals surface area (Å²) < 4.78 is 0. The fraction of sp³-hybridized carbons (Fsp3) is 0.800. The van der Waals surface area contributed by atoms with Gasteiger partial charge in [0.15, 0.2) is 0 Å². The summed E-state index contributed by atoms with van der Waals surface area (Å²) in [5.74, 6) is 0.863. The number of carbonyl (C=O) groups is 1. The van der Waals surface area contributed by atoms with Gasteiger partial charge in [-0.25, -0.2) is 0 Å². The molecule has 1 atom stereocenters. The third-order valence-corrected chi connectivity index (χ3v) is 3.04. The molecule has 2 aliphatic heterocycles. The van der Waals surface area contributed by atoms with E-state index in [0.717, 1.165) is 25.5 Å². The van der Waals surface area contributed by atoms with E-state index in [1.165, 1.54) is 6.42 Å². The molecule has 2 aliphatic rings. The maximum atomic E-state index is 11.1. The molecule has 1 amide bonds. The van der Waals surface area contributed by atoms with Crippen molar-refractivity contribution in [3.63, 3.8) is 0 Å². The van der Waals surface area contributed by atoms with E-state index in [1.807, 2.05) is 0 Å². The van der Waals surface area contributed by atoms with E-state index in [0.29, 0.717) is 6.54 Å². The molecule has 5 heteroatoms. The molecule has 1 N–H and O–H groups in total. The summed E-state index contributed by atoms with van der Waals surface area (Å²) in [7, 11) is 4.21. The number of amides is 1. The number of nitrogens with one attached hydrogen (secondary N) is 1. The van der Waals surface area contributed by atoms with Crippen molar-refractivity contribution in [2.75, 3.05) is 40.3 Å². The molecular weight excluding hydrogens is 192 g/mol. The lowest BCUT2D eigenvalue weighted by Gasteiger charge is -2.27. The van der Waals surface area contributed by atoms with Gasteiger partial charge in [-0.3, -0.25) is 14.7 Å². The first kappa shape index (κ1) is 10.6. The monoisotopic (exact) mass is 210 g/mol. The van der Waals surface area contributed by atoms with Crippen LogP contribution in [0.15, 0.2) is 4.99 Å². The Morgan fingerprint density at radius 1 is 1.40 bits per heavy atom. The minimum Gasteiger partial charge on any atom is -0.312 e. The van der Waals surface area contributed by atoms with Crippen LogP contribution in [0.1, 0.15) is 6.42 Å². The summed E-state index contributed by atoms with van der Waals surface area (Å²) in [5.41, 5.74) is 0. The van der Waals surface area contributed by atoms with Crippen LogP contribution in [0.25, 0.3) is 0 Å². The van der Waals surface area contributed by atoms with E-state index in [1.54, 1.807) is 0 Å². The fourth-order valence-electron chi connectivity index (χ4n) is 2.13. The van der Waals surface area contributed by atoms with Crippen LogP contribution in [0.4, 0.5) is 0 Å². The van der Waals surface area contributed by atoms with Gasteiger partial charge < -0.3 is 10.2 Å². The minimum absolute atomic E-state index is 0.0188. The maximum absolute atomic E-state index is 11.1. The fourth-order valence-corrected chi connectivity index (χ4v) is 2.13. The number of amidine groups is 1. The lowest BCUT2D eigenvalue weighted by molar-refractivity contribution is -0.117. The number of rotatable bonds is 1. The second kappa shape index (κ2) is 4.28. The minimum atomic E-state index is 0.0188. The van der Waals surface area contributed by atoms with Crippen LogP contribution in [0.3, 0.4) is 0 Å². The lowest BCUT2D eigenvalue weighted by Crippen LogP contribution is -2.48. The summed E-state index contributed by atoms with van der Waals surface area (Å²) in [5, 5.41) is 2.85. The van der Waals surface area contributed by atoms with Crippen LogP contribution in [0.2, 0.25) is 0 Å². The van der Waals surface area contributed by atoms with Gasteiger partial charge in [-0.2, -0.15) is 0 Å². The average Bonchev–Trinajstić information content (AvgIpc) is 2.53. The van der Waals surface area contributed by atoms with Crippen molar-refractivity contribution >= 4 is 11.7 Å². The molecule has 1 unspecified atom stereocenters. The van der Waals surface area contributed by atoms with Crippen LogP contribution in [0, 0.1) is 0 Å². The van der Waals surface area contributed by atoms with Gasteiger partial charge in [0.25, 0.3) is 0 Å². The smallest absolute Gasteiger partial charge is 0.247 e. The van der Waals surface area contributed by atoms with Crippen LogP contribution in [-0.4, -0.2) is 67.9 Å². The summed E-state index contributed by atoms with van der Waals surface area (Å²) in [6, 6.07) is 0.240. The highest BCUT2D eigenvalue weighted by Gasteiger charge is 2.28. The molecule has 0 aromatic heterocycles. The largest absolute Gasteiger partial charge is 0.312 e. The molecule has 0 bridgehead atoms. The Balaban J connectivity index is 2.07. The van der Waals surface area contributed by atoms with Crippen molar-refractivity contribution in [1.29, 1.82) is 0 Å². The molecule has 0 aromatic carbocycles. The van der Waals surface area contributed by atoms with Gasteiger partial charge in [0.1, 0.15) is 12.4 Å². The first-order valence-corrected chi connectivity index (χ1v) is 5.40. The van der Waals surface area contributed by atoms with Gasteiger partial charge in [-0.1, -0.05) is 0 Å². The first-order valence-electron chi connectivity index (χ1n) is 5.40. The average molecular weight is 210 g/mol. The number of nitrogens with zero attached hydrogens (tertiary/aromatic N) is 3. The number of carbonyl (C=O) groups excluding carboxylic acids is 1. The highest BCUT2D eigenvalue weighted by Crippen LogP contribution is 2.09.